The van der Waals surface area contributed by atoms with E-state index in [1.807, 2.05) is 24.3 Å². The molecule has 4 rings (SSSR count). The molecule has 0 spiro atoms. The molecule has 1 amide bonds. The molecule has 0 aliphatic rings. The second kappa shape index (κ2) is 5.06. The molecule has 23 heavy (non-hydrogen) atoms. The molecule has 0 unspecified atom stereocenters. The van der Waals surface area contributed by atoms with Gasteiger partial charge in [-0.1, -0.05) is 24.3 Å². The SMILES string of the molecule is O=C(Nn1cnc2ccccc21)c1n[nH]c2ccccc2c1=O. The lowest BCUT2D eigenvalue weighted by molar-refractivity contribution is 0.100. The highest BCUT2D eigenvalue weighted by Gasteiger charge is 2.16. The molecule has 0 bridgehead atoms. The summed E-state index contributed by atoms with van der Waals surface area (Å²) in [4.78, 5) is 29.0. The van der Waals surface area contributed by atoms with Gasteiger partial charge in [0.15, 0.2) is 5.69 Å². The average molecular weight is 305 g/mol. The van der Waals surface area contributed by atoms with Crippen LogP contribution in [-0.2, 0) is 0 Å². The number of hydrogen-bond donors (Lipinski definition) is 2. The van der Waals surface area contributed by atoms with Crippen molar-refractivity contribution < 1.29 is 4.79 Å². The van der Waals surface area contributed by atoms with Crippen molar-refractivity contribution >= 4 is 27.8 Å². The van der Waals surface area contributed by atoms with Gasteiger partial charge < -0.3 is 0 Å². The Balaban J connectivity index is 1.75. The molecule has 0 radical (unpaired) electrons. The van der Waals surface area contributed by atoms with Crippen LogP contribution in [0.25, 0.3) is 21.9 Å². The van der Waals surface area contributed by atoms with Gasteiger partial charge in [-0.05, 0) is 24.3 Å². The van der Waals surface area contributed by atoms with Gasteiger partial charge in [0.2, 0.25) is 5.43 Å². The molecule has 7 heteroatoms. The topological polar surface area (TPSA) is 92.7 Å². The number of fused-ring (bicyclic) bond motifs is 2. The number of benzene rings is 2. The van der Waals surface area contributed by atoms with Crippen LogP contribution in [0.1, 0.15) is 10.5 Å². The Morgan fingerprint density at radius 3 is 2.78 bits per heavy atom. The fourth-order valence-corrected chi connectivity index (χ4v) is 2.44. The monoisotopic (exact) mass is 305 g/mol. The number of carbonyl (C=O) groups excluding carboxylic acids is 1. The van der Waals surface area contributed by atoms with E-state index < -0.39 is 11.3 Å². The van der Waals surface area contributed by atoms with Crippen molar-refractivity contribution in [1.29, 1.82) is 0 Å². The smallest absolute Gasteiger partial charge is 0.286 e. The summed E-state index contributed by atoms with van der Waals surface area (Å²) in [6.07, 6.45) is 1.48. The summed E-state index contributed by atoms with van der Waals surface area (Å²) in [5.41, 5.74) is 4.07. The number of amides is 1. The van der Waals surface area contributed by atoms with Crippen LogP contribution in [-0.4, -0.2) is 25.8 Å². The first-order valence-electron chi connectivity index (χ1n) is 6.95. The zero-order valence-electron chi connectivity index (χ0n) is 11.9. The lowest BCUT2D eigenvalue weighted by Gasteiger charge is -2.06. The molecule has 2 aromatic heterocycles. The lowest BCUT2D eigenvalue weighted by atomic mass is 10.2. The maximum Gasteiger partial charge on any atom is 0.294 e. The molecule has 0 aliphatic heterocycles. The highest BCUT2D eigenvalue weighted by molar-refractivity contribution is 6.00. The molecule has 0 fully saturated rings. The quantitative estimate of drug-likeness (QED) is 0.589. The van der Waals surface area contributed by atoms with E-state index in [0.717, 1.165) is 11.0 Å². The van der Waals surface area contributed by atoms with Crippen molar-refractivity contribution in [2.24, 2.45) is 0 Å². The molecule has 0 saturated heterocycles. The molecule has 2 N–H and O–H groups in total. The summed E-state index contributed by atoms with van der Waals surface area (Å²) in [5.74, 6) is -0.597. The Labute approximate surface area is 129 Å². The summed E-state index contributed by atoms with van der Waals surface area (Å²) >= 11 is 0. The molecule has 4 aromatic rings. The van der Waals surface area contributed by atoms with E-state index in [-0.39, 0.29) is 5.69 Å². The molecule has 0 atom stereocenters. The van der Waals surface area contributed by atoms with E-state index in [0.29, 0.717) is 10.9 Å². The second-order valence-electron chi connectivity index (χ2n) is 4.99. The number of nitrogens with zero attached hydrogens (tertiary/aromatic N) is 3. The van der Waals surface area contributed by atoms with Crippen molar-refractivity contribution in [3.63, 3.8) is 0 Å². The minimum Gasteiger partial charge on any atom is -0.286 e. The summed E-state index contributed by atoms with van der Waals surface area (Å²) < 4.78 is 1.47. The van der Waals surface area contributed by atoms with Crippen LogP contribution in [0.2, 0.25) is 0 Å². The van der Waals surface area contributed by atoms with E-state index in [1.54, 1.807) is 24.3 Å². The summed E-state index contributed by atoms with van der Waals surface area (Å²) in [6, 6.07) is 14.3. The average Bonchev–Trinajstić information content (AvgIpc) is 2.98. The summed E-state index contributed by atoms with van der Waals surface area (Å²) in [5, 5.41) is 7.03. The number of carbonyl (C=O) groups is 1. The number of imidazole rings is 1. The standard InChI is InChI=1S/C16H11N5O2/c22-15-10-5-1-2-6-11(10)18-19-14(15)16(23)20-21-9-17-12-7-3-4-8-13(12)21/h1-9H,(H,18,22)(H,20,23). The zero-order chi connectivity index (χ0) is 15.8. The van der Waals surface area contributed by atoms with E-state index >= 15 is 0 Å². The predicted molar refractivity (Wildman–Crippen MR) is 85.8 cm³/mol. The van der Waals surface area contributed by atoms with Crippen LogP contribution in [0.4, 0.5) is 0 Å². The molecule has 0 saturated carbocycles. The van der Waals surface area contributed by atoms with E-state index in [4.69, 9.17) is 0 Å². The van der Waals surface area contributed by atoms with Gasteiger partial charge in [0.1, 0.15) is 6.33 Å². The molecular formula is C16H11N5O2. The third-order valence-corrected chi connectivity index (χ3v) is 3.57. The third kappa shape index (κ3) is 2.15. The van der Waals surface area contributed by atoms with Gasteiger partial charge in [-0.15, -0.1) is 0 Å². The number of aromatic nitrogens is 4. The predicted octanol–water partition coefficient (Wildman–Crippen LogP) is 1.66. The van der Waals surface area contributed by atoms with Crippen LogP contribution in [0, 0.1) is 0 Å². The van der Waals surface area contributed by atoms with Crippen LogP contribution in [0.3, 0.4) is 0 Å². The van der Waals surface area contributed by atoms with Gasteiger partial charge in [-0.3, -0.25) is 20.1 Å². The van der Waals surface area contributed by atoms with Gasteiger partial charge in [0.25, 0.3) is 5.91 Å². The van der Waals surface area contributed by atoms with Crippen molar-refractivity contribution in [2.45, 2.75) is 0 Å². The third-order valence-electron chi connectivity index (χ3n) is 3.57. The molecule has 2 aromatic carbocycles. The Kier molecular flexibility index (Phi) is 2.90. The number of para-hydroxylation sites is 3. The Morgan fingerprint density at radius 1 is 1.09 bits per heavy atom. The van der Waals surface area contributed by atoms with Gasteiger partial charge >= 0.3 is 0 Å². The van der Waals surface area contributed by atoms with Crippen LogP contribution >= 0.6 is 0 Å². The number of hydrogen-bond acceptors (Lipinski definition) is 4. The van der Waals surface area contributed by atoms with Crippen molar-refractivity contribution in [2.75, 3.05) is 5.43 Å². The normalized spacial score (nSPS) is 11.0. The minimum absolute atomic E-state index is 0.193. The van der Waals surface area contributed by atoms with Crippen molar-refractivity contribution in [3.05, 3.63) is 70.8 Å². The summed E-state index contributed by atoms with van der Waals surface area (Å²) in [7, 11) is 0. The Bertz CT molecular complexity index is 1100. The van der Waals surface area contributed by atoms with Crippen LogP contribution in [0.5, 0.6) is 0 Å². The van der Waals surface area contributed by atoms with Gasteiger partial charge in [-0.25, -0.2) is 9.66 Å². The maximum atomic E-state index is 12.4. The van der Waals surface area contributed by atoms with Crippen molar-refractivity contribution in [1.82, 2.24) is 19.9 Å². The molecular weight excluding hydrogens is 294 g/mol. The highest BCUT2D eigenvalue weighted by Crippen LogP contribution is 2.10. The molecule has 7 nitrogen and oxygen atoms in total. The Hall–Kier alpha value is -3.48. The zero-order valence-corrected chi connectivity index (χ0v) is 11.9. The Morgan fingerprint density at radius 2 is 1.87 bits per heavy atom. The molecule has 0 aliphatic carbocycles. The largest absolute Gasteiger partial charge is 0.294 e. The summed E-state index contributed by atoms with van der Waals surface area (Å²) in [6.45, 7) is 0. The molecule has 2 heterocycles. The van der Waals surface area contributed by atoms with E-state index in [1.165, 1.54) is 11.0 Å². The minimum atomic E-state index is -0.597. The van der Waals surface area contributed by atoms with Gasteiger partial charge in [0.05, 0.1) is 16.6 Å². The fraction of sp³-hybridized carbons (Fsp3) is 0. The van der Waals surface area contributed by atoms with E-state index in [2.05, 4.69) is 20.6 Å². The first kappa shape index (κ1) is 13.2. The number of aromatic amines is 1. The molecule has 112 valence electrons. The number of rotatable bonds is 2. The lowest BCUT2D eigenvalue weighted by Crippen LogP contribution is -2.29. The van der Waals surface area contributed by atoms with Crippen LogP contribution < -0.4 is 10.9 Å². The van der Waals surface area contributed by atoms with Crippen LogP contribution in [0.15, 0.2) is 59.7 Å². The first-order chi connectivity index (χ1) is 11.2. The fourth-order valence-electron chi connectivity index (χ4n) is 2.44. The highest BCUT2D eigenvalue weighted by atomic mass is 16.2. The van der Waals surface area contributed by atoms with Crippen molar-refractivity contribution in [3.8, 4) is 0 Å². The number of H-pyrrole nitrogens is 1. The van der Waals surface area contributed by atoms with Gasteiger partial charge in [-0.2, -0.15) is 5.10 Å². The number of nitrogens with one attached hydrogen (secondary N) is 2. The second-order valence-corrected chi connectivity index (χ2v) is 4.99. The first-order valence-corrected chi connectivity index (χ1v) is 6.95. The van der Waals surface area contributed by atoms with E-state index in [9.17, 15) is 9.59 Å². The maximum absolute atomic E-state index is 12.4. The van der Waals surface area contributed by atoms with Gasteiger partial charge in [0, 0.05) is 5.39 Å².